The van der Waals surface area contributed by atoms with Crippen LogP contribution in [0.1, 0.15) is 39.7 Å². The number of hydrogen-bond donors (Lipinski definition) is 2. The van der Waals surface area contributed by atoms with Gasteiger partial charge in [0, 0.05) is 19.7 Å². The molecule has 8 heteroatoms. The van der Waals surface area contributed by atoms with Crippen molar-refractivity contribution in [1.82, 2.24) is 10.0 Å². The molecule has 0 spiro atoms. The van der Waals surface area contributed by atoms with Gasteiger partial charge in [0.15, 0.2) is 6.61 Å². The number of aryl methyl sites for hydroxylation is 1. The van der Waals surface area contributed by atoms with Crippen LogP contribution in [0.25, 0.3) is 0 Å². The van der Waals surface area contributed by atoms with E-state index < -0.39 is 10.0 Å². The summed E-state index contributed by atoms with van der Waals surface area (Å²) in [6, 6.07) is 4.59. The Bertz CT molecular complexity index is 702. The van der Waals surface area contributed by atoms with E-state index in [2.05, 4.69) is 10.0 Å². The topological polar surface area (TPSA) is 93.7 Å². The van der Waals surface area contributed by atoms with Crippen molar-refractivity contribution in [3.05, 3.63) is 23.8 Å². The van der Waals surface area contributed by atoms with Crippen LogP contribution in [0, 0.1) is 12.8 Å². The van der Waals surface area contributed by atoms with E-state index >= 15 is 0 Å². The number of sulfonamides is 1. The van der Waals surface area contributed by atoms with Crippen LogP contribution >= 0.6 is 0 Å². The molecule has 1 aromatic carbocycles. The molecule has 0 aromatic heterocycles. The molecule has 0 aliphatic heterocycles. The molecule has 2 N–H and O–H groups in total. The highest BCUT2D eigenvalue weighted by atomic mass is 32.2. The average molecular weight is 401 g/mol. The second kappa shape index (κ2) is 11.3. The van der Waals surface area contributed by atoms with Crippen molar-refractivity contribution < 1.29 is 22.7 Å². The van der Waals surface area contributed by atoms with Crippen LogP contribution in [-0.4, -0.2) is 46.7 Å². The molecule has 1 amide bonds. The highest BCUT2D eigenvalue weighted by Crippen LogP contribution is 2.21. The highest BCUT2D eigenvalue weighted by molar-refractivity contribution is 7.89. The third-order valence-electron chi connectivity index (χ3n) is 3.59. The van der Waals surface area contributed by atoms with Crippen molar-refractivity contribution in [2.75, 3.05) is 26.3 Å². The molecule has 0 heterocycles. The van der Waals surface area contributed by atoms with Gasteiger partial charge in [-0.05, 0) is 56.9 Å². The molecule has 0 saturated heterocycles. The summed E-state index contributed by atoms with van der Waals surface area (Å²) in [6.07, 6.45) is 0.915. The number of hydrogen-bond acceptors (Lipinski definition) is 5. The Hall–Kier alpha value is -1.64. The van der Waals surface area contributed by atoms with Gasteiger partial charge < -0.3 is 14.8 Å². The van der Waals surface area contributed by atoms with Crippen molar-refractivity contribution in [2.45, 2.75) is 52.0 Å². The van der Waals surface area contributed by atoms with Gasteiger partial charge in [0.1, 0.15) is 5.75 Å². The number of rotatable bonds is 12. The zero-order chi connectivity index (χ0) is 20.4. The fourth-order valence-corrected chi connectivity index (χ4v) is 3.42. The van der Waals surface area contributed by atoms with Crippen LogP contribution in [0.3, 0.4) is 0 Å². The first-order chi connectivity index (χ1) is 12.6. The highest BCUT2D eigenvalue weighted by Gasteiger charge is 2.16. The molecular formula is C19H32N2O5S. The first-order valence-corrected chi connectivity index (χ1v) is 10.7. The Kier molecular flexibility index (Phi) is 9.76. The molecule has 0 bridgehead atoms. The second-order valence-corrected chi connectivity index (χ2v) is 8.85. The van der Waals surface area contributed by atoms with Gasteiger partial charge in [-0.25, -0.2) is 13.1 Å². The van der Waals surface area contributed by atoms with Gasteiger partial charge in [-0.3, -0.25) is 4.79 Å². The fraction of sp³-hybridized carbons (Fsp3) is 0.632. The van der Waals surface area contributed by atoms with Gasteiger partial charge in [0.2, 0.25) is 10.0 Å². The summed E-state index contributed by atoms with van der Waals surface area (Å²) in [4.78, 5) is 12.0. The quantitative estimate of drug-likeness (QED) is 0.525. The lowest BCUT2D eigenvalue weighted by Crippen LogP contribution is -2.30. The van der Waals surface area contributed by atoms with Crippen LogP contribution in [0.15, 0.2) is 23.1 Å². The molecule has 0 saturated carbocycles. The van der Waals surface area contributed by atoms with E-state index in [4.69, 9.17) is 9.47 Å². The average Bonchev–Trinajstić information content (AvgIpc) is 2.58. The zero-order valence-corrected chi connectivity index (χ0v) is 17.7. The second-order valence-electron chi connectivity index (χ2n) is 7.08. The zero-order valence-electron chi connectivity index (χ0n) is 16.9. The minimum absolute atomic E-state index is 0.121. The van der Waals surface area contributed by atoms with Gasteiger partial charge in [0.25, 0.3) is 5.91 Å². The smallest absolute Gasteiger partial charge is 0.257 e. The molecule has 0 unspecified atom stereocenters. The number of ether oxygens (including phenoxy) is 2. The monoisotopic (exact) mass is 400 g/mol. The molecule has 7 nitrogen and oxygen atoms in total. The number of carbonyl (C=O) groups is 1. The van der Waals surface area contributed by atoms with E-state index in [0.29, 0.717) is 31.0 Å². The third kappa shape index (κ3) is 9.21. The molecule has 0 fully saturated rings. The minimum Gasteiger partial charge on any atom is -0.484 e. The maximum atomic E-state index is 12.3. The van der Waals surface area contributed by atoms with E-state index in [1.165, 1.54) is 6.07 Å². The lowest BCUT2D eigenvalue weighted by atomic mass is 10.2. The summed E-state index contributed by atoms with van der Waals surface area (Å²) >= 11 is 0. The number of nitrogens with one attached hydrogen (secondary N) is 2. The molecule has 0 atom stereocenters. The van der Waals surface area contributed by atoms with Gasteiger partial charge in [-0.15, -0.1) is 0 Å². The van der Waals surface area contributed by atoms with Crippen LogP contribution in [0.2, 0.25) is 0 Å². The lowest BCUT2D eigenvalue weighted by molar-refractivity contribution is -0.123. The molecule has 0 aliphatic rings. The molecule has 154 valence electrons. The van der Waals surface area contributed by atoms with E-state index in [1.807, 2.05) is 27.7 Å². The predicted octanol–water partition coefficient (Wildman–Crippen LogP) is 2.24. The fourth-order valence-electron chi connectivity index (χ4n) is 2.12. The number of amides is 1. The van der Waals surface area contributed by atoms with E-state index in [0.717, 1.165) is 6.42 Å². The first-order valence-electron chi connectivity index (χ1n) is 9.23. The Morgan fingerprint density at radius 2 is 1.89 bits per heavy atom. The Balaban J connectivity index is 2.49. The standard InChI is InChI=1S/C19H32N2O5S/c1-14(2)12-21-27(23,24)17-7-8-18(16(5)11-17)26-13-19(22)20-9-6-10-25-15(3)4/h7-8,11,14-15,21H,6,9-10,12-13H2,1-5H3,(H,20,22). The largest absolute Gasteiger partial charge is 0.484 e. The molecule has 1 rings (SSSR count). The van der Waals surface area contributed by atoms with Crippen molar-refractivity contribution in [2.24, 2.45) is 5.92 Å². The summed E-state index contributed by atoms with van der Waals surface area (Å²) < 4.78 is 38.0. The SMILES string of the molecule is Cc1cc(S(=O)(=O)NCC(C)C)ccc1OCC(=O)NCCCOC(C)C. The maximum absolute atomic E-state index is 12.3. The van der Waals surface area contributed by atoms with Crippen LogP contribution < -0.4 is 14.8 Å². The third-order valence-corrected chi connectivity index (χ3v) is 5.01. The maximum Gasteiger partial charge on any atom is 0.257 e. The van der Waals surface area contributed by atoms with Gasteiger partial charge >= 0.3 is 0 Å². The summed E-state index contributed by atoms with van der Waals surface area (Å²) in [6.45, 7) is 10.9. The Morgan fingerprint density at radius 3 is 2.48 bits per heavy atom. The van der Waals surface area contributed by atoms with Crippen molar-refractivity contribution >= 4 is 15.9 Å². The number of carbonyl (C=O) groups excluding carboxylic acids is 1. The van der Waals surface area contributed by atoms with Crippen LogP contribution in [0.5, 0.6) is 5.75 Å². The van der Waals surface area contributed by atoms with Crippen LogP contribution in [0.4, 0.5) is 0 Å². The van der Waals surface area contributed by atoms with Crippen molar-refractivity contribution in [3.8, 4) is 5.75 Å². The Labute approximate surface area is 162 Å². The van der Waals surface area contributed by atoms with Gasteiger partial charge in [0.05, 0.1) is 11.0 Å². The molecule has 1 aromatic rings. The summed E-state index contributed by atoms with van der Waals surface area (Å²) in [5, 5.41) is 2.76. The molecule has 27 heavy (non-hydrogen) atoms. The van der Waals surface area contributed by atoms with Crippen molar-refractivity contribution in [3.63, 3.8) is 0 Å². The van der Waals surface area contributed by atoms with Crippen LogP contribution in [-0.2, 0) is 19.6 Å². The molecule has 0 aliphatic carbocycles. The van der Waals surface area contributed by atoms with E-state index in [-0.39, 0.29) is 29.4 Å². The minimum atomic E-state index is -3.55. The molecule has 0 radical (unpaired) electrons. The summed E-state index contributed by atoms with van der Waals surface area (Å²) in [7, 11) is -3.55. The normalized spacial score (nSPS) is 11.8. The predicted molar refractivity (Wildman–Crippen MR) is 105 cm³/mol. The van der Waals surface area contributed by atoms with Gasteiger partial charge in [-0.1, -0.05) is 13.8 Å². The Morgan fingerprint density at radius 1 is 1.19 bits per heavy atom. The van der Waals surface area contributed by atoms with Crippen molar-refractivity contribution in [1.29, 1.82) is 0 Å². The van der Waals surface area contributed by atoms with E-state index in [1.54, 1.807) is 19.1 Å². The van der Waals surface area contributed by atoms with E-state index in [9.17, 15) is 13.2 Å². The van der Waals surface area contributed by atoms with Gasteiger partial charge in [-0.2, -0.15) is 0 Å². The number of benzene rings is 1. The molecular weight excluding hydrogens is 368 g/mol. The summed E-state index contributed by atoms with van der Waals surface area (Å²) in [5.41, 5.74) is 0.653. The lowest BCUT2D eigenvalue weighted by Gasteiger charge is -2.13. The summed E-state index contributed by atoms with van der Waals surface area (Å²) in [5.74, 6) is 0.476. The first kappa shape index (κ1) is 23.4.